The normalized spacial score (nSPS) is 15.7. The second kappa shape index (κ2) is 7.85. The summed E-state index contributed by atoms with van der Waals surface area (Å²) < 4.78 is 38.5. The molecule has 2 aromatic carbocycles. The summed E-state index contributed by atoms with van der Waals surface area (Å²) >= 11 is 3.35. The molecule has 0 amide bonds. The van der Waals surface area contributed by atoms with Crippen molar-refractivity contribution in [3.8, 4) is 11.5 Å². The van der Waals surface area contributed by atoms with Gasteiger partial charge in [0.15, 0.2) is 0 Å². The highest BCUT2D eigenvalue weighted by atomic mass is 79.9. The van der Waals surface area contributed by atoms with E-state index in [4.69, 9.17) is 9.47 Å². The summed E-state index contributed by atoms with van der Waals surface area (Å²) in [5.74, 6) is 1.31. The van der Waals surface area contributed by atoms with E-state index >= 15 is 0 Å². The van der Waals surface area contributed by atoms with E-state index in [9.17, 15) is 8.42 Å². The van der Waals surface area contributed by atoms with Crippen molar-refractivity contribution in [2.75, 3.05) is 45.3 Å². The number of benzene rings is 2. The number of piperazine rings is 1. The molecule has 0 bridgehead atoms. The van der Waals surface area contributed by atoms with Gasteiger partial charge in [0.25, 0.3) is 0 Å². The zero-order valence-corrected chi connectivity index (χ0v) is 17.1. The van der Waals surface area contributed by atoms with Crippen LogP contribution in [0, 0.1) is 0 Å². The van der Waals surface area contributed by atoms with Gasteiger partial charge in [0.2, 0.25) is 10.0 Å². The highest BCUT2D eigenvalue weighted by Gasteiger charge is 2.29. The second-order valence-corrected chi connectivity index (χ2v) is 8.68. The first kappa shape index (κ1) is 19.0. The van der Waals surface area contributed by atoms with Crippen LogP contribution in [0.15, 0.2) is 51.8 Å². The summed E-state index contributed by atoms with van der Waals surface area (Å²) in [7, 11) is -0.389. The van der Waals surface area contributed by atoms with E-state index in [2.05, 4.69) is 20.8 Å². The molecule has 0 radical (unpaired) electrons. The number of methoxy groups -OCH3 is 2. The fourth-order valence-corrected chi connectivity index (χ4v) is 4.78. The van der Waals surface area contributed by atoms with Gasteiger partial charge in [-0.2, -0.15) is 4.31 Å². The monoisotopic (exact) mass is 440 g/mol. The van der Waals surface area contributed by atoms with Crippen molar-refractivity contribution in [2.45, 2.75) is 4.90 Å². The van der Waals surface area contributed by atoms with Gasteiger partial charge in [-0.15, -0.1) is 0 Å². The molecule has 2 aromatic rings. The lowest BCUT2D eigenvalue weighted by molar-refractivity contribution is 0.383. The van der Waals surface area contributed by atoms with E-state index < -0.39 is 10.0 Å². The lowest BCUT2D eigenvalue weighted by Crippen LogP contribution is -2.48. The summed E-state index contributed by atoms with van der Waals surface area (Å²) in [6.45, 7) is 2.15. The van der Waals surface area contributed by atoms with Crippen LogP contribution in [0.25, 0.3) is 0 Å². The molecule has 8 heteroatoms. The number of anilines is 1. The Morgan fingerprint density at radius 3 is 2.15 bits per heavy atom. The smallest absolute Gasteiger partial charge is 0.243 e. The van der Waals surface area contributed by atoms with E-state index in [0.717, 1.165) is 15.9 Å². The maximum Gasteiger partial charge on any atom is 0.243 e. The first-order valence-corrected chi connectivity index (χ1v) is 10.4. The van der Waals surface area contributed by atoms with Crippen molar-refractivity contribution in [3.05, 3.63) is 46.9 Å². The number of ether oxygens (including phenoxy) is 2. The third-order valence-electron chi connectivity index (χ3n) is 4.44. The minimum Gasteiger partial charge on any atom is -0.497 e. The third-order valence-corrected chi connectivity index (χ3v) is 6.99. The molecule has 0 aliphatic carbocycles. The molecule has 0 saturated carbocycles. The predicted molar refractivity (Wildman–Crippen MR) is 105 cm³/mol. The Labute approximate surface area is 162 Å². The molecule has 1 aliphatic rings. The average Bonchev–Trinajstić information content (AvgIpc) is 2.68. The van der Waals surface area contributed by atoms with Crippen LogP contribution in [0.2, 0.25) is 0 Å². The lowest BCUT2D eigenvalue weighted by atomic mass is 10.2. The average molecular weight is 441 g/mol. The fourth-order valence-electron chi connectivity index (χ4n) is 2.93. The molecule has 0 atom stereocenters. The van der Waals surface area contributed by atoms with Crippen LogP contribution in [0.5, 0.6) is 11.5 Å². The minimum atomic E-state index is -3.54. The van der Waals surface area contributed by atoms with Crippen LogP contribution in [-0.2, 0) is 10.0 Å². The van der Waals surface area contributed by atoms with Crippen LogP contribution in [0.1, 0.15) is 0 Å². The molecule has 6 nitrogen and oxygen atoms in total. The third kappa shape index (κ3) is 3.82. The molecule has 1 heterocycles. The van der Waals surface area contributed by atoms with Crippen molar-refractivity contribution in [2.24, 2.45) is 0 Å². The molecule has 0 N–H and O–H groups in total. The maximum absolute atomic E-state index is 12.9. The quantitative estimate of drug-likeness (QED) is 0.714. The number of rotatable bonds is 5. The SMILES string of the molecule is COc1ccc(N2CCN(S(=O)(=O)c3ccc(Br)c(OC)c3)CC2)cc1. The van der Waals surface area contributed by atoms with Crippen LogP contribution in [-0.4, -0.2) is 53.1 Å². The summed E-state index contributed by atoms with van der Waals surface area (Å²) in [6, 6.07) is 12.6. The van der Waals surface area contributed by atoms with Gasteiger partial charge in [0.1, 0.15) is 11.5 Å². The molecule has 0 aromatic heterocycles. The molecule has 26 heavy (non-hydrogen) atoms. The topological polar surface area (TPSA) is 59.1 Å². The molecule has 140 valence electrons. The minimum absolute atomic E-state index is 0.246. The standard InChI is InChI=1S/C18H21BrN2O4S/c1-24-15-5-3-14(4-6-15)20-9-11-21(12-10-20)26(22,23)16-7-8-17(19)18(13-16)25-2/h3-8,13H,9-12H2,1-2H3. The second-order valence-electron chi connectivity index (χ2n) is 5.89. The van der Waals surface area contributed by atoms with Gasteiger partial charge < -0.3 is 14.4 Å². The van der Waals surface area contributed by atoms with Gasteiger partial charge in [-0.3, -0.25) is 0 Å². The Morgan fingerprint density at radius 1 is 0.923 bits per heavy atom. The Morgan fingerprint density at radius 2 is 1.58 bits per heavy atom. The summed E-state index contributed by atoms with van der Waals surface area (Å²) in [5, 5.41) is 0. The molecular formula is C18H21BrN2O4S. The molecule has 3 rings (SSSR count). The summed E-state index contributed by atoms with van der Waals surface area (Å²) in [4.78, 5) is 2.42. The van der Waals surface area contributed by atoms with Crippen molar-refractivity contribution >= 4 is 31.6 Å². The largest absolute Gasteiger partial charge is 0.497 e. The van der Waals surface area contributed by atoms with Gasteiger partial charge >= 0.3 is 0 Å². The van der Waals surface area contributed by atoms with E-state index in [1.165, 1.54) is 11.4 Å². The van der Waals surface area contributed by atoms with Crippen molar-refractivity contribution in [1.82, 2.24) is 4.31 Å². The van der Waals surface area contributed by atoms with Gasteiger partial charge in [0.05, 0.1) is 23.6 Å². The molecule has 0 spiro atoms. The Kier molecular flexibility index (Phi) is 5.74. The zero-order chi connectivity index (χ0) is 18.7. The zero-order valence-electron chi connectivity index (χ0n) is 14.7. The Hall–Kier alpha value is -1.77. The van der Waals surface area contributed by atoms with Crippen molar-refractivity contribution < 1.29 is 17.9 Å². The molecule has 1 aliphatic heterocycles. The number of sulfonamides is 1. The highest BCUT2D eigenvalue weighted by Crippen LogP contribution is 2.29. The van der Waals surface area contributed by atoms with Gasteiger partial charge in [-0.1, -0.05) is 0 Å². The lowest BCUT2D eigenvalue weighted by Gasteiger charge is -2.35. The van der Waals surface area contributed by atoms with Crippen molar-refractivity contribution in [1.29, 1.82) is 0 Å². The molecule has 1 fully saturated rings. The van der Waals surface area contributed by atoms with E-state index in [0.29, 0.717) is 31.9 Å². The van der Waals surface area contributed by atoms with Gasteiger partial charge in [0, 0.05) is 37.9 Å². The molecule has 1 saturated heterocycles. The summed E-state index contributed by atoms with van der Waals surface area (Å²) in [5.41, 5.74) is 1.06. The van der Waals surface area contributed by atoms with Gasteiger partial charge in [-0.25, -0.2) is 8.42 Å². The molecule has 0 unspecified atom stereocenters. The molecular weight excluding hydrogens is 420 g/mol. The van der Waals surface area contributed by atoms with Crippen LogP contribution < -0.4 is 14.4 Å². The Bertz CT molecular complexity index is 863. The maximum atomic E-state index is 12.9. The summed E-state index contributed by atoms with van der Waals surface area (Å²) in [6.07, 6.45) is 0. The fraction of sp³-hybridized carbons (Fsp3) is 0.333. The number of hydrogen-bond acceptors (Lipinski definition) is 5. The van der Waals surface area contributed by atoms with E-state index in [1.807, 2.05) is 24.3 Å². The predicted octanol–water partition coefficient (Wildman–Crippen LogP) is 2.98. The van der Waals surface area contributed by atoms with E-state index in [1.54, 1.807) is 25.3 Å². The van der Waals surface area contributed by atoms with Gasteiger partial charge in [-0.05, 0) is 52.3 Å². The Balaban J connectivity index is 1.72. The van der Waals surface area contributed by atoms with Crippen LogP contribution >= 0.6 is 15.9 Å². The van der Waals surface area contributed by atoms with E-state index in [-0.39, 0.29) is 4.90 Å². The van der Waals surface area contributed by atoms with Crippen molar-refractivity contribution in [3.63, 3.8) is 0 Å². The first-order chi connectivity index (χ1) is 12.5. The number of halogens is 1. The van der Waals surface area contributed by atoms with Crippen LogP contribution in [0.3, 0.4) is 0 Å². The highest BCUT2D eigenvalue weighted by molar-refractivity contribution is 9.10. The number of nitrogens with zero attached hydrogens (tertiary/aromatic N) is 2. The number of hydrogen-bond donors (Lipinski definition) is 0. The van der Waals surface area contributed by atoms with Crippen LogP contribution in [0.4, 0.5) is 5.69 Å². The first-order valence-electron chi connectivity index (χ1n) is 8.18.